The number of carbonyl (C=O) groups is 3. The Labute approximate surface area is 288 Å². The van der Waals surface area contributed by atoms with E-state index in [0.29, 0.717) is 16.8 Å². The maximum Gasteiger partial charge on any atom is 0.377 e. The van der Waals surface area contributed by atoms with Gasteiger partial charge < -0.3 is 9.26 Å². The lowest BCUT2D eigenvalue weighted by atomic mass is 9.56. The highest BCUT2D eigenvalue weighted by molar-refractivity contribution is 6.05. The second kappa shape index (κ2) is 12.4. The van der Waals surface area contributed by atoms with E-state index in [4.69, 9.17) is 9.26 Å². The van der Waals surface area contributed by atoms with Crippen LogP contribution >= 0.6 is 0 Å². The highest BCUT2D eigenvalue weighted by Gasteiger charge is 2.53. The van der Waals surface area contributed by atoms with Gasteiger partial charge in [-0.25, -0.2) is 28.3 Å². The van der Waals surface area contributed by atoms with Crippen LogP contribution in [0.5, 0.6) is 0 Å². The highest BCUT2D eigenvalue weighted by Crippen LogP contribution is 2.57. The van der Waals surface area contributed by atoms with Crippen LogP contribution in [0.15, 0.2) is 53.2 Å². The van der Waals surface area contributed by atoms with E-state index in [-0.39, 0.29) is 65.0 Å². The van der Waals surface area contributed by atoms with Crippen LogP contribution in [0.25, 0.3) is 22.6 Å². The molecule has 4 heterocycles. The predicted molar refractivity (Wildman–Crippen MR) is 179 cm³/mol. The number of likely N-dealkylation sites (tertiary alicyclic amines) is 1. The zero-order chi connectivity index (χ0) is 35.5. The maximum atomic E-state index is 15.6. The SMILES string of the molecule is Cc1nc(-c2cc(C(=O)OC(C)(C)C)on2)ncc1-c1ccc(C(C)N2CC3(CC(c4ccc(N5CCC(=O)NC5=O)c(F)c4)C3)C2)cc1F. The Morgan fingerprint density at radius 2 is 1.82 bits per heavy atom. The number of urea groups is 1. The summed E-state index contributed by atoms with van der Waals surface area (Å²) in [6.45, 7) is 11.0. The van der Waals surface area contributed by atoms with Crippen molar-refractivity contribution in [2.75, 3.05) is 24.5 Å². The van der Waals surface area contributed by atoms with Gasteiger partial charge in [-0.15, -0.1) is 0 Å². The molecule has 3 aliphatic rings. The first kappa shape index (κ1) is 33.5. The molecule has 2 aromatic heterocycles. The Morgan fingerprint density at radius 1 is 1.06 bits per heavy atom. The number of amides is 3. The minimum atomic E-state index is -0.686. The number of nitrogens with one attached hydrogen (secondary N) is 1. The number of aryl methyl sites for hydroxylation is 1. The lowest BCUT2D eigenvalue weighted by Crippen LogP contribution is -2.61. The molecule has 1 atom stereocenters. The molecule has 2 aromatic carbocycles. The largest absolute Gasteiger partial charge is 0.454 e. The third kappa shape index (κ3) is 6.37. The van der Waals surface area contributed by atoms with Crippen molar-refractivity contribution in [3.8, 4) is 22.6 Å². The topological polar surface area (TPSA) is 131 Å². The van der Waals surface area contributed by atoms with Crippen molar-refractivity contribution in [1.82, 2.24) is 25.3 Å². The third-order valence-electron chi connectivity index (χ3n) is 9.86. The smallest absolute Gasteiger partial charge is 0.377 e. The third-order valence-corrected chi connectivity index (χ3v) is 9.86. The van der Waals surface area contributed by atoms with Crippen LogP contribution in [-0.4, -0.2) is 63.2 Å². The van der Waals surface area contributed by atoms with Crippen LogP contribution < -0.4 is 10.2 Å². The van der Waals surface area contributed by atoms with Crippen molar-refractivity contribution >= 4 is 23.6 Å². The standard InChI is InChI=1S/C37H38F2N6O5/c1-20-26(17-40-33(41-20)29-14-31(50-43-29)34(47)49-36(3,4)5)25-8-6-22(12-27(25)38)21(2)44-18-37(19-44)15-24(16-37)23-7-9-30(28(39)13-23)45-11-10-32(46)42-35(45)48/h6-9,12-14,17,21,24H,10-11,15-16,18-19H2,1-5H3,(H,42,46,48). The van der Waals surface area contributed by atoms with Gasteiger partial charge in [0.2, 0.25) is 11.7 Å². The van der Waals surface area contributed by atoms with Gasteiger partial charge in [-0.05, 0) is 88.1 Å². The van der Waals surface area contributed by atoms with Gasteiger partial charge in [-0.3, -0.25) is 19.9 Å². The van der Waals surface area contributed by atoms with Gasteiger partial charge in [0.05, 0.1) is 5.69 Å². The number of anilines is 1. The first-order valence-corrected chi connectivity index (χ1v) is 16.7. The number of hydrogen-bond acceptors (Lipinski definition) is 9. The number of rotatable bonds is 7. The molecule has 13 heteroatoms. The normalized spacial score (nSPS) is 18.4. The number of carbonyl (C=O) groups excluding carboxylic acids is 3. The minimum absolute atomic E-state index is 0.00795. The Kier molecular flexibility index (Phi) is 8.28. The first-order chi connectivity index (χ1) is 23.7. The fraction of sp³-hybridized carbons (Fsp3) is 0.405. The number of imide groups is 1. The first-order valence-electron chi connectivity index (χ1n) is 16.7. The fourth-order valence-corrected chi connectivity index (χ4v) is 7.24. The van der Waals surface area contributed by atoms with E-state index < -0.39 is 23.4 Å². The van der Waals surface area contributed by atoms with Crippen LogP contribution in [0.1, 0.15) is 86.3 Å². The Balaban J connectivity index is 0.957. The summed E-state index contributed by atoms with van der Waals surface area (Å²) < 4.78 is 41.1. The van der Waals surface area contributed by atoms with Crippen molar-refractivity contribution in [2.45, 2.75) is 71.4 Å². The average Bonchev–Trinajstić information content (AvgIpc) is 3.50. The van der Waals surface area contributed by atoms with E-state index >= 15 is 8.78 Å². The molecule has 1 spiro atoms. The summed E-state index contributed by atoms with van der Waals surface area (Å²) in [5.74, 6) is -1.43. The summed E-state index contributed by atoms with van der Waals surface area (Å²) in [6, 6.07) is 11.1. The summed E-state index contributed by atoms with van der Waals surface area (Å²) in [5, 5.41) is 6.14. The van der Waals surface area contributed by atoms with Gasteiger partial charge in [-0.2, -0.15) is 0 Å². The predicted octanol–water partition coefficient (Wildman–Crippen LogP) is 6.73. The minimum Gasteiger partial charge on any atom is -0.454 e. The van der Waals surface area contributed by atoms with Gasteiger partial charge in [-0.1, -0.05) is 23.4 Å². The lowest BCUT2D eigenvalue weighted by molar-refractivity contribution is -0.120. The second-order valence-corrected chi connectivity index (χ2v) is 14.7. The van der Waals surface area contributed by atoms with Crippen molar-refractivity contribution in [1.29, 1.82) is 0 Å². The molecule has 4 aromatic rings. The molecule has 1 aliphatic carbocycles. The Bertz CT molecular complexity index is 2010. The van der Waals surface area contributed by atoms with Gasteiger partial charge in [0.15, 0.2) is 11.5 Å². The van der Waals surface area contributed by atoms with Crippen LogP contribution in [0, 0.1) is 24.0 Å². The molecule has 260 valence electrons. The molecule has 0 radical (unpaired) electrons. The van der Waals surface area contributed by atoms with Gasteiger partial charge >= 0.3 is 12.0 Å². The lowest BCUT2D eigenvalue weighted by Gasteiger charge is -2.61. The number of halogens is 2. The number of aromatic nitrogens is 3. The van der Waals surface area contributed by atoms with E-state index in [2.05, 4.69) is 32.3 Å². The van der Waals surface area contributed by atoms with Gasteiger partial charge in [0.1, 0.15) is 17.2 Å². The summed E-state index contributed by atoms with van der Waals surface area (Å²) in [4.78, 5) is 48.4. The molecule has 11 nitrogen and oxygen atoms in total. The number of nitrogens with zero attached hydrogens (tertiary/aromatic N) is 5. The number of hydrogen-bond donors (Lipinski definition) is 1. The molecule has 1 N–H and O–H groups in total. The van der Waals surface area contributed by atoms with Crippen LogP contribution in [-0.2, 0) is 9.53 Å². The molecule has 1 unspecified atom stereocenters. The van der Waals surface area contributed by atoms with Crippen molar-refractivity contribution in [3.05, 3.63) is 82.9 Å². The van der Waals surface area contributed by atoms with Crippen LogP contribution in [0.4, 0.5) is 19.3 Å². The fourth-order valence-electron chi connectivity index (χ4n) is 7.24. The number of esters is 1. The molecule has 1 saturated carbocycles. The summed E-state index contributed by atoms with van der Waals surface area (Å²) in [7, 11) is 0. The zero-order valence-corrected chi connectivity index (χ0v) is 28.5. The Morgan fingerprint density at radius 3 is 2.48 bits per heavy atom. The van der Waals surface area contributed by atoms with Gasteiger partial charge in [0, 0.05) is 61.2 Å². The quantitative estimate of drug-likeness (QED) is 0.211. The maximum absolute atomic E-state index is 15.6. The molecule has 2 aliphatic heterocycles. The van der Waals surface area contributed by atoms with Gasteiger partial charge in [0.25, 0.3) is 0 Å². The molecular formula is C37H38F2N6O5. The number of benzene rings is 2. The van der Waals surface area contributed by atoms with Crippen molar-refractivity contribution in [2.24, 2.45) is 5.41 Å². The molecule has 3 fully saturated rings. The van der Waals surface area contributed by atoms with Crippen LogP contribution in [0.3, 0.4) is 0 Å². The van der Waals surface area contributed by atoms with E-state index in [1.807, 2.05) is 12.1 Å². The molecule has 50 heavy (non-hydrogen) atoms. The van der Waals surface area contributed by atoms with Crippen LogP contribution in [0.2, 0.25) is 0 Å². The summed E-state index contributed by atoms with van der Waals surface area (Å²) >= 11 is 0. The Hall–Kier alpha value is -5.04. The second-order valence-electron chi connectivity index (χ2n) is 14.7. The number of ether oxygens (including phenoxy) is 1. The van der Waals surface area contributed by atoms with E-state index in [1.54, 1.807) is 52.1 Å². The molecular weight excluding hydrogens is 646 g/mol. The van der Waals surface area contributed by atoms with E-state index in [1.165, 1.54) is 17.0 Å². The molecule has 2 saturated heterocycles. The summed E-state index contributed by atoms with van der Waals surface area (Å²) in [5.41, 5.74) is 3.17. The van der Waals surface area contributed by atoms with Crippen molar-refractivity contribution in [3.63, 3.8) is 0 Å². The highest BCUT2D eigenvalue weighted by atomic mass is 19.1. The average molecular weight is 685 g/mol. The monoisotopic (exact) mass is 684 g/mol. The van der Waals surface area contributed by atoms with E-state index in [0.717, 1.165) is 37.1 Å². The summed E-state index contributed by atoms with van der Waals surface area (Å²) in [6.07, 6.45) is 3.55. The molecule has 7 rings (SSSR count). The zero-order valence-electron chi connectivity index (χ0n) is 28.5. The van der Waals surface area contributed by atoms with Crippen molar-refractivity contribution < 1.29 is 32.4 Å². The molecule has 3 amide bonds. The molecule has 0 bridgehead atoms. The van der Waals surface area contributed by atoms with E-state index in [9.17, 15) is 14.4 Å².